The van der Waals surface area contributed by atoms with Gasteiger partial charge in [-0.15, -0.1) is 0 Å². The van der Waals surface area contributed by atoms with E-state index in [0.717, 1.165) is 36.1 Å². The molecule has 0 saturated heterocycles. The van der Waals surface area contributed by atoms with Crippen molar-refractivity contribution in [1.82, 2.24) is 9.97 Å². The summed E-state index contributed by atoms with van der Waals surface area (Å²) in [5.74, 6) is 1.09. The molecule has 8 heteroatoms. The number of rotatable bonds is 6. The van der Waals surface area contributed by atoms with Crippen molar-refractivity contribution in [2.75, 3.05) is 0 Å². The van der Waals surface area contributed by atoms with Crippen LogP contribution in [0.1, 0.15) is 54.7 Å². The van der Waals surface area contributed by atoms with Crippen molar-refractivity contribution in [3.63, 3.8) is 0 Å². The summed E-state index contributed by atoms with van der Waals surface area (Å²) in [6.07, 6.45) is 5.02. The topological polar surface area (TPSA) is 59.7 Å². The third-order valence-electron chi connectivity index (χ3n) is 5.53. The molecule has 3 aromatic rings. The molecule has 5 nitrogen and oxygen atoms in total. The Bertz CT molecular complexity index is 1040. The number of aromatic nitrogens is 2. The third-order valence-corrected chi connectivity index (χ3v) is 5.53. The number of halogens is 3. The van der Waals surface area contributed by atoms with Gasteiger partial charge in [0.2, 0.25) is 5.88 Å². The maximum absolute atomic E-state index is 12.6. The lowest BCUT2D eigenvalue weighted by molar-refractivity contribution is -0.137. The lowest BCUT2D eigenvalue weighted by Gasteiger charge is -2.23. The van der Waals surface area contributed by atoms with Crippen LogP contribution in [0, 0.1) is 0 Å². The molecule has 0 aliphatic heterocycles. The molecule has 1 aromatic heterocycles. The van der Waals surface area contributed by atoms with Crippen molar-refractivity contribution in [2.24, 2.45) is 10.2 Å². The second kappa shape index (κ2) is 9.89. The molecule has 1 aliphatic rings. The number of alkyl halides is 3. The van der Waals surface area contributed by atoms with Gasteiger partial charge < -0.3 is 4.74 Å². The van der Waals surface area contributed by atoms with E-state index in [2.05, 4.69) is 20.2 Å². The molecular formula is C24H23F3N4O. The van der Waals surface area contributed by atoms with E-state index in [1.807, 2.05) is 18.3 Å². The summed E-state index contributed by atoms with van der Waals surface area (Å²) in [5, 5.41) is 8.08. The van der Waals surface area contributed by atoms with E-state index in [9.17, 15) is 13.2 Å². The minimum absolute atomic E-state index is 0.351. The highest BCUT2D eigenvalue weighted by Crippen LogP contribution is 2.36. The maximum atomic E-state index is 12.6. The van der Waals surface area contributed by atoms with Crippen LogP contribution >= 0.6 is 0 Å². The number of ether oxygens (including phenoxy) is 1. The average Bonchev–Trinajstić information content (AvgIpc) is 2.82. The van der Waals surface area contributed by atoms with Gasteiger partial charge in [0, 0.05) is 11.8 Å². The molecule has 0 radical (unpaired) electrons. The summed E-state index contributed by atoms with van der Waals surface area (Å²) >= 11 is 0. The minimum Gasteiger partial charge on any atom is -0.473 e. The van der Waals surface area contributed by atoms with Gasteiger partial charge in [-0.25, -0.2) is 9.97 Å². The minimum atomic E-state index is -4.36. The molecule has 0 amide bonds. The molecule has 0 spiro atoms. The van der Waals surface area contributed by atoms with Crippen LogP contribution in [0.2, 0.25) is 0 Å². The Balaban J connectivity index is 1.36. The van der Waals surface area contributed by atoms with Gasteiger partial charge in [-0.3, -0.25) is 0 Å². The molecule has 166 valence electrons. The smallest absolute Gasteiger partial charge is 0.416 e. The van der Waals surface area contributed by atoms with Crippen LogP contribution in [0.25, 0.3) is 0 Å². The van der Waals surface area contributed by atoms with Crippen molar-refractivity contribution < 1.29 is 17.9 Å². The molecule has 2 aromatic carbocycles. The van der Waals surface area contributed by atoms with Gasteiger partial charge >= 0.3 is 6.18 Å². The highest BCUT2D eigenvalue weighted by Gasteiger charge is 2.29. The van der Waals surface area contributed by atoms with Gasteiger partial charge in [0.25, 0.3) is 0 Å². The predicted molar refractivity (Wildman–Crippen MR) is 114 cm³/mol. The molecule has 1 heterocycles. The van der Waals surface area contributed by atoms with Gasteiger partial charge in [0.05, 0.1) is 16.9 Å². The Morgan fingerprint density at radius 3 is 2.12 bits per heavy atom. The summed E-state index contributed by atoms with van der Waals surface area (Å²) in [6, 6.07) is 11.9. The van der Waals surface area contributed by atoms with Gasteiger partial charge in [-0.1, -0.05) is 31.4 Å². The zero-order valence-corrected chi connectivity index (χ0v) is 17.4. The molecule has 1 fully saturated rings. The quantitative estimate of drug-likeness (QED) is 0.372. The van der Waals surface area contributed by atoms with Gasteiger partial charge in [-0.2, -0.15) is 23.4 Å². The average molecular weight is 440 g/mol. The summed E-state index contributed by atoms with van der Waals surface area (Å²) in [7, 11) is 0. The number of nitrogens with zero attached hydrogens (tertiary/aromatic N) is 4. The second-order valence-corrected chi connectivity index (χ2v) is 7.82. The van der Waals surface area contributed by atoms with Crippen molar-refractivity contribution >= 4 is 11.4 Å². The highest BCUT2D eigenvalue weighted by molar-refractivity contribution is 5.42. The zero-order valence-electron chi connectivity index (χ0n) is 17.4. The van der Waals surface area contributed by atoms with Crippen LogP contribution in [0.15, 0.2) is 71.3 Å². The van der Waals surface area contributed by atoms with Crippen LogP contribution in [0.4, 0.5) is 24.5 Å². The van der Waals surface area contributed by atoms with Crippen LogP contribution in [0.5, 0.6) is 5.88 Å². The SMILES string of the molecule is FC(F)(F)c1ccc(N=Nc2ccc(COc3ncncc3C3CCCCC3)cc2)cc1. The van der Waals surface area contributed by atoms with E-state index in [1.54, 1.807) is 12.1 Å². The number of benzene rings is 2. The highest BCUT2D eigenvalue weighted by atomic mass is 19.4. The first-order valence-corrected chi connectivity index (χ1v) is 10.6. The van der Waals surface area contributed by atoms with Crippen LogP contribution in [-0.2, 0) is 12.8 Å². The predicted octanol–water partition coefficient (Wildman–Crippen LogP) is 7.54. The number of azo groups is 1. The first-order valence-electron chi connectivity index (χ1n) is 10.6. The number of hydrogen-bond donors (Lipinski definition) is 0. The molecule has 0 N–H and O–H groups in total. The monoisotopic (exact) mass is 440 g/mol. The molecule has 1 aliphatic carbocycles. The molecule has 32 heavy (non-hydrogen) atoms. The van der Waals surface area contributed by atoms with Crippen molar-refractivity contribution in [3.8, 4) is 5.88 Å². The fraction of sp³-hybridized carbons (Fsp3) is 0.333. The van der Waals surface area contributed by atoms with Gasteiger partial charge in [0.15, 0.2) is 0 Å². The molecule has 0 atom stereocenters. The largest absolute Gasteiger partial charge is 0.473 e. The van der Waals surface area contributed by atoms with E-state index >= 15 is 0 Å². The third kappa shape index (κ3) is 5.69. The van der Waals surface area contributed by atoms with Crippen molar-refractivity contribution in [3.05, 3.63) is 77.7 Å². The normalized spacial score (nSPS) is 15.2. The summed E-state index contributed by atoms with van der Waals surface area (Å²) < 4.78 is 43.9. The fourth-order valence-electron chi connectivity index (χ4n) is 3.79. The molecule has 1 saturated carbocycles. The first-order chi connectivity index (χ1) is 15.5. The standard InChI is InChI=1S/C24H23F3N4O/c25-24(26,27)19-8-12-21(13-9-19)31-30-20-10-6-17(7-11-20)15-32-23-22(14-28-16-29-23)18-4-2-1-3-5-18/h6-14,16,18H,1-5,15H2. The van der Waals surface area contributed by atoms with Gasteiger partial charge in [-0.05, 0) is 60.7 Å². The Hall–Kier alpha value is -3.29. The second-order valence-electron chi connectivity index (χ2n) is 7.82. The Labute approximate surface area is 184 Å². The fourth-order valence-corrected chi connectivity index (χ4v) is 3.79. The van der Waals surface area contributed by atoms with E-state index in [0.29, 0.717) is 29.8 Å². The summed E-state index contributed by atoms with van der Waals surface area (Å²) in [5.41, 5.74) is 2.26. The molecule has 0 bridgehead atoms. The molecular weight excluding hydrogens is 417 g/mol. The van der Waals surface area contributed by atoms with E-state index in [-0.39, 0.29) is 0 Å². The van der Waals surface area contributed by atoms with E-state index in [4.69, 9.17) is 4.74 Å². The lowest BCUT2D eigenvalue weighted by atomic mass is 9.85. The number of hydrogen-bond acceptors (Lipinski definition) is 5. The Morgan fingerprint density at radius 2 is 1.50 bits per heavy atom. The van der Waals surface area contributed by atoms with E-state index in [1.165, 1.54) is 37.7 Å². The first kappa shape index (κ1) is 21.9. The zero-order chi connectivity index (χ0) is 22.4. The molecule has 0 unspecified atom stereocenters. The van der Waals surface area contributed by atoms with Gasteiger partial charge in [0.1, 0.15) is 12.9 Å². The van der Waals surface area contributed by atoms with Crippen LogP contribution in [-0.4, -0.2) is 9.97 Å². The van der Waals surface area contributed by atoms with Crippen molar-refractivity contribution in [1.29, 1.82) is 0 Å². The Kier molecular flexibility index (Phi) is 6.78. The summed E-state index contributed by atoms with van der Waals surface area (Å²) in [6.45, 7) is 0.368. The Morgan fingerprint density at radius 1 is 0.875 bits per heavy atom. The molecule has 4 rings (SSSR count). The lowest BCUT2D eigenvalue weighted by Crippen LogP contribution is -2.09. The van der Waals surface area contributed by atoms with E-state index < -0.39 is 11.7 Å². The van der Waals surface area contributed by atoms with Crippen molar-refractivity contribution in [2.45, 2.75) is 50.8 Å². The maximum Gasteiger partial charge on any atom is 0.416 e. The summed E-state index contributed by atoms with van der Waals surface area (Å²) in [4.78, 5) is 8.51. The van der Waals surface area contributed by atoms with Crippen LogP contribution < -0.4 is 4.74 Å². The van der Waals surface area contributed by atoms with Crippen LogP contribution in [0.3, 0.4) is 0 Å².